The van der Waals surface area contributed by atoms with Crippen molar-refractivity contribution in [2.75, 3.05) is 31.6 Å². The van der Waals surface area contributed by atoms with E-state index in [9.17, 15) is 0 Å². The van der Waals surface area contributed by atoms with Gasteiger partial charge in [0.25, 0.3) is 0 Å². The molecule has 16 heavy (non-hydrogen) atoms. The molecule has 1 heterocycles. The highest BCUT2D eigenvalue weighted by Crippen LogP contribution is 2.34. The van der Waals surface area contributed by atoms with Crippen LogP contribution in [0, 0.1) is 5.92 Å². The first kappa shape index (κ1) is 12.7. The number of rotatable bonds is 6. The summed E-state index contributed by atoms with van der Waals surface area (Å²) in [5.41, 5.74) is 0. The maximum absolute atomic E-state index is 3.71. The van der Waals surface area contributed by atoms with Gasteiger partial charge in [0.2, 0.25) is 0 Å². The Bertz CT molecular complexity index is 206. The molecule has 1 aliphatic carbocycles. The second-order valence-corrected chi connectivity index (χ2v) is 6.46. The van der Waals surface area contributed by atoms with Crippen LogP contribution in [-0.2, 0) is 0 Å². The quantitative estimate of drug-likeness (QED) is 0.769. The third-order valence-electron chi connectivity index (χ3n) is 3.96. The molecular formula is C13H26N2S. The van der Waals surface area contributed by atoms with E-state index in [-0.39, 0.29) is 0 Å². The minimum Gasteiger partial charge on any atom is -0.313 e. The first-order chi connectivity index (χ1) is 7.81. The fourth-order valence-electron chi connectivity index (χ4n) is 2.64. The molecule has 3 heteroatoms. The molecule has 0 amide bonds. The van der Waals surface area contributed by atoms with Gasteiger partial charge in [0, 0.05) is 30.1 Å². The molecule has 2 aliphatic rings. The van der Waals surface area contributed by atoms with Crippen LogP contribution in [0.25, 0.3) is 0 Å². The standard InChI is InChI=1S/C13H26N2S/c1-3-14-12(7-6-11-4-5-11)13-10-16-9-8-15(13)2/h11-14H,3-10H2,1-2H3. The maximum Gasteiger partial charge on any atom is 0.0337 e. The van der Waals surface area contributed by atoms with Crippen molar-refractivity contribution in [2.45, 2.75) is 44.7 Å². The van der Waals surface area contributed by atoms with Gasteiger partial charge < -0.3 is 10.2 Å². The van der Waals surface area contributed by atoms with Crippen LogP contribution in [-0.4, -0.2) is 48.6 Å². The Labute approximate surface area is 105 Å². The van der Waals surface area contributed by atoms with Gasteiger partial charge in [-0.25, -0.2) is 0 Å². The van der Waals surface area contributed by atoms with Crippen LogP contribution in [0.1, 0.15) is 32.6 Å². The van der Waals surface area contributed by atoms with E-state index in [1.54, 1.807) is 0 Å². The third-order valence-corrected chi connectivity index (χ3v) is 5.01. The van der Waals surface area contributed by atoms with Crippen molar-refractivity contribution >= 4 is 11.8 Å². The Morgan fingerprint density at radius 3 is 2.88 bits per heavy atom. The van der Waals surface area contributed by atoms with Gasteiger partial charge in [0.1, 0.15) is 0 Å². The Morgan fingerprint density at radius 1 is 1.44 bits per heavy atom. The molecule has 0 aromatic rings. The summed E-state index contributed by atoms with van der Waals surface area (Å²) in [5, 5.41) is 3.71. The van der Waals surface area contributed by atoms with Crippen LogP contribution in [0.4, 0.5) is 0 Å². The van der Waals surface area contributed by atoms with Gasteiger partial charge in [-0.15, -0.1) is 0 Å². The Hall–Kier alpha value is 0.270. The van der Waals surface area contributed by atoms with E-state index >= 15 is 0 Å². The molecule has 0 spiro atoms. The smallest absolute Gasteiger partial charge is 0.0337 e. The zero-order chi connectivity index (χ0) is 11.4. The number of nitrogens with one attached hydrogen (secondary N) is 1. The Kier molecular flexibility index (Phi) is 4.98. The van der Waals surface area contributed by atoms with E-state index in [1.807, 2.05) is 0 Å². The van der Waals surface area contributed by atoms with Gasteiger partial charge >= 0.3 is 0 Å². The largest absolute Gasteiger partial charge is 0.313 e. The molecule has 2 unspecified atom stereocenters. The van der Waals surface area contributed by atoms with Crippen molar-refractivity contribution in [3.63, 3.8) is 0 Å². The highest BCUT2D eigenvalue weighted by atomic mass is 32.2. The fraction of sp³-hybridized carbons (Fsp3) is 1.00. The third kappa shape index (κ3) is 3.64. The van der Waals surface area contributed by atoms with Gasteiger partial charge in [-0.05, 0) is 32.4 Å². The molecular weight excluding hydrogens is 216 g/mol. The number of likely N-dealkylation sites (N-methyl/N-ethyl adjacent to an activating group) is 2. The molecule has 2 atom stereocenters. The summed E-state index contributed by atoms with van der Waals surface area (Å²) < 4.78 is 0. The second kappa shape index (κ2) is 6.27. The topological polar surface area (TPSA) is 15.3 Å². The monoisotopic (exact) mass is 242 g/mol. The summed E-state index contributed by atoms with van der Waals surface area (Å²) in [7, 11) is 2.30. The van der Waals surface area contributed by atoms with E-state index in [2.05, 4.69) is 35.9 Å². The summed E-state index contributed by atoms with van der Waals surface area (Å²) in [5.74, 6) is 3.70. The molecule has 2 fully saturated rings. The molecule has 1 N–H and O–H groups in total. The number of thioether (sulfide) groups is 1. The van der Waals surface area contributed by atoms with Crippen LogP contribution < -0.4 is 5.32 Å². The highest BCUT2D eigenvalue weighted by molar-refractivity contribution is 7.99. The van der Waals surface area contributed by atoms with Crippen LogP contribution in [0.3, 0.4) is 0 Å². The average molecular weight is 242 g/mol. The lowest BCUT2D eigenvalue weighted by Gasteiger charge is -2.38. The lowest BCUT2D eigenvalue weighted by molar-refractivity contribution is 0.206. The van der Waals surface area contributed by atoms with Gasteiger partial charge in [-0.3, -0.25) is 0 Å². The van der Waals surface area contributed by atoms with Gasteiger partial charge in [0.05, 0.1) is 0 Å². The van der Waals surface area contributed by atoms with E-state index in [4.69, 9.17) is 0 Å². The summed E-state index contributed by atoms with van der Waals surface area (Å²) in [6.07, 6.45) is 5.82. The molecule has 2 nitrogen and oxygen atoms in total. The van der Waals surface area contributed by atoms with Crippen LogP contribution >= 0.6 is 11.8 Å². The highest BCUT2D eigenvalue weighted by Gasteiger charge is 2.29. The normalized spacial score (nSPS) is 29.2. The second-order valence-electron chi connectivity index (χ2n) is 5.31. The fourth-order valence-corrected chi connectivity index (χ4v) is 3.96. The zero-order valence-corrected chi connectivity index (χ0v) is 11.6. The molecule has 94 valence electrons. The molecule has 2 rings (SSSR count). The van der Waals surface area contributed by atoms with E-state index in [1.165, 1.54) is 43.7 Å². The van der Waals surface area contributed by atoms with Crippen LogP contribution in [0.5, 0.6) is 0 Å². The van der Waals surface area contributed by atoms with Crippen molar-refractivity contribution in [1.29, 1.82) is 0 Å². The summed E-state index contributed by atoms with van der Waals surface area (Å²) >= 11 is 2.13. The summed E-state index contributed by atoms with van der Waals surface area (Å²) in [4.78, 5) is 2.57. The lowest BCUT2D eigenvalue weighted by atomic mass is 10.0. The summed E-state index contributed by atoms with van der Waals surface area (Å²) in [6.45, 7) is 4.62. The minimum absolute atomic E-state index is 0.725. The van der Waals surface area contributed by atoms with Crippen LogP contribution in [0.15, 0.2) is 0 Å². The maximum atomic E-state index is 3.71. The predicted molar refractivity (Wildman–Crippen MR) is 73.2 cm³/mol. The molecule has 0 aromatic carbocycles. The number of nitrogens with zero attached hydrogens (tertiary/aromatic N) is 1. The van der Waals surface area contributed by atoms with E-state index < -0.39 is 0 Å². The molecule has 1 saturated heterocycles. The molecule has 0 aromatic heterocycles. The molecule has 1 saturated carbocycles. The van der Waals surface area contributed by atoms with Crippen molar-refractivity contribution in [3.05, 3.63) is 0 Å². The molecule has 0 radical (unpaired) electrons. The van der Waals surface area contributed by atoms with E-state index in [0.29, 0.717) is 0 Å². The Balaban J connectivity index is 1.82. The number of hydrogen-bond acceptors (Lipinski definition) is 3. The molecule has 1 aliphatic heterocycles. The zero-order valence-electron chi connectivity index (χ0n) is 10.7. The summed E-state index contributed by atoms with van der Waals surface area (Å²) in [6, 6.07) is 1.49. The van der Waals surface area contributed by atoms with Crippen molar-refractivity contribution in [2.24, 2.45) is 5.92 Å². The van der Waals surface area contributed by atoms with Crippen molar-refractivity contribution in [1.82, 2.24) is 10.2 Å². The first-order valence-electron chi connectivity index (χ1n) is 6.82. The number of hydrogen-bond donors (Lipinski definition) is 1. The first-order valence-corrected chi connectivity index (χ1v) is 7.98. The van der Waals surface area contributed by atoms with Crippen LogP contribution in [0.2, 0.25) is 0 Å². The van der Waals surface area contributed by atoms with Gasteiger partial charge in [0.15, 0.2) is 0 Å². The van der Waals surface area contributed by atoms with Crippen molar-refractivity contribution in [3.8, 4) is 0 Å². The van der Waals surface area contributed by atoms with Gasteiger partial charge in [-0.2, -0.15) is 11.8 Å². The van der Waals surface area contributed by atoms with Gasteiger partial charge in [-0.1, -0.05) is 19.8 Å². The predicted octanol–water partition coefficient (Wildman–Crippen LogP) is 2.20. The molecule has 0 bridgehead atoms. The lowest BCUT2D eigenvalue weighted by Crippen LogP contribution is -2.52. The average Bonchev–Trinajstić information content (AvgIpc) is 3.09. The minimum atomic E-state index is 0.725. The van der Waals surface area contributed by atoms with Crippen molar-refractivity contribution < 1.29 is 0 Å². The SMILES string of the molecule is CCNC(CCC1CC1)C1CSCCN1C. The Morgan fingerprint density at radius 2 is 2.25 bits per heavy atom. The van der Waals surface area contributed by atoms with E-state index in [0.717, 1.165) is 24.5 Å².